The van der Waals surface area contributed by atoms with Gasteiger partial charge in [-0.3, -0.25) is 4.79 Å². The molecule has 3 N–H and O–H groups in total. The van der Waals surface area contributed by atoms with Crippen molar-refractivity contribution in [3.63, 3.8) is 0 Å². The van der Waals surface area contributed by atoms with Gasteiger partial charge in [-0.1, -0.05) is 12.1 Å². The van der Waals surface area contributed by atoms with Crippen molar-refractivity contribution >= 4 is 29.3 Å². The molecule has 0 unspecified atom stereocenters. The highest BCUT2D eigenvalue weighted by Gasteiger charge is 2.07. The molecule has 118 valence electrons. The van der Waals surface area contributed by atoms with Gasteiger partial charge in [-0.15, -0.1) is 0 Å². The number of urea groups is 1. The Balaban J connectivity index is 2.03. The number of carboxylic acid groups (broad SMARTS) is 1. The quantitative estimate of drug-likeness (QED) is 0.594. The van der Waals surface area contributed by atoms with Gasteiger partial charge in [0.2, 0.25) is 0 Å². The first-order valence-electron chi connectivity index (χ1n) is 6.64. The zero-order valence-electron chi connectivity index (χ0n) is 12.2. The molecular weight excluding hydrogens is 300 g/mol. The molecule has 0 aliphatic carbocycles. The smallest absolute Gasteiger partial charge is 0.335 e. The number of ether oxygens (including phenoxy) is 1. The molecule has 0 atom stereocenters. The summed E-state index contributed by atoms with van der Waals surface area (Å²) in [6, 6.07) is 11.6. The van der Waals surface area contributed by atoms with Crippen LogP contribution in [0.3, 0.4) is 0 Å². The van der Waals surface area contributed by atoms with Crippen LogP contribution < -0.4 is 15.4 Å². The predicted octanol–water partition coefficient (Wildman–Crippen LogP) is 2.95. The number of aromatic carboxylic acids is 1. The minimum atomic E-state index is -1.08. The van der Waals surface area contributed by atoms with Crippen LogP contribution in [0.4, 0.5) is 16.2 Å². The van der Waals surface area contributed by atoms with Crippen LogP contribution in [0.5, 0.6) is 5.75 Å². The van der Waals surface area contributed by atoms with E-state index in [9.17, 15) is 14.4 Å². The summed E-state index contributed by atoms with van der Waals surface area (Å²) in [5.74, 6) is -1.23. The first-order chi connectivity index (χ1) is 10.9. The Labute approximate surface area is 131 Å². The topological polar surface area (TPSA) is 105 Å². The average molecular weight is 314 g/mol. The van der Waals surface area contributed by atoms with Gasteiger partial charge in [-0.2, -0.15) is 0 Å². The fourth-order valence-electron chi connectivity index (χ4n) is 1.83. The molecule has 0 aliphatic heterocycles. The lowest BCUT2D eigenvalue weighted by Gasteiger charge is -2.09. The number of anilines is 2. The van der Waals surface area contributed by atoms with Gasteiger partial charge >= 0.3 is 18.0 Å². The van der Waals surface area contributed by atoms with E-state index >= 15 is 0 Å². The second kappa shape index (κ2) is 7.08. The summed E-state index contributed by atoms with van der Waals surface area (Å²) < 4.78 is 4.92. The molecule has 0 saturated carbocycles. The van der Waals surface area contributed by atoms with Crippen LogP contribution >= 0.6 is 0 Å². The van der Waals surface area contributed by atoms with Crippen molar-refractivity contribution in [2.45, 2.75) is 6.92 Å². The highest BCUT2D eigenvalue weighted by Crippen LogP contribution is 2.18. The summed E-state index contributed by atoms with van der Waals surface area (Å²) in [4.78, 5) is 33.7. The van der Waals surface area contributed by atoms with Gasteiger partial charge in [0, 0.05) is 24.4 Å². The van der Waals surface area contributed by atoms with Crippen molar-refractivity contribution in [2.24, 2.45) is 0 Å². The summed E-state index contributed by atoms with van der Waals surface area (Å²) >= 11 is 0. The largest absolute Gasteiger partial charge is 0.478 e. The second-order valence-electron chi connectivity index (χ2n) is 4.59. The van der Waals surface area contributed by atoms with Gasteiger partial charge in [0.25, 0.3) is 0 Å². The Morgan fingerprint density at radius 1 is 0.957 bits per heavy atom. The molecule has 23 heavy (non-hydrogen) atoms. The van der Waals surface area contributed by atoms with E-state index < -0.39 is 18.0 Å². The highest BCUT2D eigenvalue weighted by atomic mass is 16.5. The standard InChI is InChI=1S/C16H14N2O5/c1-10(19)23-14-7-3-6-13(9-14)18-16(22)17-12-5-2-4-11(8-12)15(20)21/h2-9H,1H3,(H,20,21)(H2,17,18,22). The maximum absolute atomic E-state index is 11.9. The summed E-state index contributed by atoms with van der Waals surface area (Å²) in [5.41, 5.74) is 0.842. The second-order valence-corrected chi connectivity index (χ2v) is 4.59. The van der Waals surface area contributed by atoms with E-state index in [1.54, 1.807) is 24.3 Å². The molecule has 0 saturated heterocycles. The third kappa shape index (κ3) is 4.85. The highest BCUT2D eigenvalue weighted by molar-refractivity contribution is 6.00. The molecule has 0 aliphatic rings. The minimum absolute atomic E-state index is 0.0691. The lowest BCUT2D eigenvalue weighted by molar-refractivity contribution is -0.131. The monoisotopic (exact) mass is 314 g/mol. The molecule has 2 aromatic carbocycles. The van der Waals surface area contributed by atoms with Crippen molar-refractivity contribution < 1.29 is 24.2 Å². The Kier molecular flexibility index (Phi) is 4.93. The van der Waals surface area contributed by atoms with Gasteiger partial charge in [0.15, 0.2) is 0 Å². The van der Waals surface area contributed by atoms with Gasteiger partial charge in [0.1, 0.15) is 5.75 Å². The van der Waals surface area contributed by atoms with Gasteiger partial charge in [0.05, 0.1) is 5.56 Å². The Morgan fingerprint density at radius 2 is 1.57 bits per heavy atom. The molecule has 2 amide bonds. The zero-order valence-corrected chi connectivity index (χ0v) is 12.2. The number of carboxylic acids is 1. The summed E-state index contributed by atoms with van der Waals surface area (Å²) in [5, 5.41) is 14.0. The molecule has 2 aromatic rings. The molecule has 0 aromatic heterocycles. The number of nitrogens with one attached hydrogen (secondary N) is 2. The number of carbonyl (C=O) groups is 3. The molecule has 7 heteroatoms. The van der Waals surface area contributed by atoms with Crippen LogP contribution in [0.2, 0.25) is 0 Å². The minimum Gasteiger partial charge on any atom is -0.478 e. The molecule has 2 rings (SSSR count). The summed E-state index contributed by atoms with van der Waals surface area (Å²) in [7, 11) is 0. The van der Waals surface area contributed by atoms with E-state index in [1.165, 1.54) is 31.2 Å². The molecule has 0 spiro atoms. The predicted molar refractivity (Wildman–Crippen MR) is 83.8 cm³/mol. The van der Waals surface area contributed by atoms with Crippen molar-refractivity contribution in [3.05, 3.63) is 54.1 Å². The Morgan fingerprint density at radius 3 is 2.17 bits per heavy atom. The SMILES string of the molecule is CC(=O)Oc1cccc(NC(=O)Nc2cccc(C(=O)O)c2)c1. The molecule has 0 heterocycles. The van der Waals surface area contributed by atoms with E-state index in [0.29, 0.717) is 17.1 Å². The fourth-order valence-corrected chi connectivity index (χ4v) is 1.83. The number of amides is 2. The van der Waals surface area contributed by atoms with Gasteiger partial charge in [-0.05, 0) is 30.3 Å². The van der Waals surface area contributed by atoms with Crippen LogP contribution in [0.15, 0.2) is 48.5 Å². The number of hydrogen-bond donors (Lipinski definition) is 3. The van der Waals surface area contributed by atoms with Crippen LogP contribution in [-0.2, 0) is 4.79 Å². The van der Waals surface area contributed by atoms with E-state index in [2.05, 4.69) is 10.6 Å². The maximum atomic E-state index is 11.9. The summed E-state index contributed by atoms with van der Waals surface area (Å²) in [6.07, 6.45) is 0. The molecule has 0 radical (unpaired) electrons. The third-order valence-corrected chi connectivity index (χ3v) is 2.72. The number of carbonyl (C=O) groups excluding carboxylic acids is 2. The normalized spacial score (nSPS) is 9.78. The third-order valence-electron chi connectivity index (χ3n) is 2.72. The zero-order chi connectivity index (χ0) is 16.8. The van der Waals surface area contributed by atoms with E-state index in [-0.39, 0.29) is 5.56 Å². The van der Waals surface area contributed by atoms with Crippen molar-refractivity contribution in [1.82, 2.24) is 0 Å². The van der Waals surface area contributed by atoms with E-state index in [1.807, 2.05) is 0 Å². The number of benzene rings is 2. The van der Waals surface area contributed by atoms with Crippen molar-refractivity contribution in [2.75, 3.05) is 10.6 Å². The van der Waals surface area contributed by atoms with Crippen molar-refractivity contribution in [3.8, 4) is 5.75 Å². The van der Waals surface area contributed by atoms with Crippen LogP contribution in [0, 0.1) is 0 Å². The maximum Gasteiger partial charge on any atom is 0.335 e. The molecule has 0 bridgehead atoms. The van der Waals surface area contributed by atoms with Crippen LogP contribution in [0.1, 0.15) is 17.3 Å². The van der Waals surface area contributed by atoms with E-state index in [4.69, 9.17) is 9.84 Å². The average Bonchev–Trinajstić information content (AvgIpc) is 2.47. The fraction of sp³-hybridized carbons (Fsp3) is 0.0625. The summed E-state index contributed by atoms with van der Waals surface area (Å²) in [6.45, 7) is 1.28. The first kappa shape index (κ1) is 16.0. The Hall–Kier alpha value is -3.35. The number of rotatable bonds is 4. The lowest BCUT2D eigenvalue weighted by atomic mass is 10.2. The van der Waals surface area contributed by atoms with Crippen LogP contribution in [-0.4, -0.2) is 23.1 Å². The first-order valence-corrected chi connectivity index (χ1v) is 6.64. The lowest BCUT2D eigenvalue weighted by Crippen LogP contribution is -2.19. The molecular formula is C16H14N2O5. The Bertz CT molecular complexity index is 758. The van der Waals surface area contributed by atoms with Gasteiger partial charge in [-0.25, -0.2) is 9.59 Å². The molecule has 0 fully saturated rings. The van der Waals surface area contributed by atoms with E-state index in [0.717, 1.165) is 0 Å². The number of esters is 1. The number of hydrogen-bond acceptors (Lipinski definition) is 4. The van der Waals surface area contributed by atoms with Gasteiger partial charge < -0.3 is 20.5 Å². The van der Waals surface area contributed by atoms with Crippen LogP contribution in [0.25, 0.3) is 0 Å². The van der Waals surface area contributed by atoms with Crippen molar-refractivity contribution in [1.29, 1.82) is 0 Å². The molecule has 7 nitrogen and oxygen atoms in total.